The topological polar surface area (TPSA) is 49.0 Å². The largest absolute Gasteiger partial charge is 0.383 e. The lowest BCUT2D eigenvalue weighted by Gasteiger charge is -2.18. The third kappa shape index (κ3) is 10.3. The van der Waals surface area contributed by atoms with Crippen molar-refractivity contribution in [2.75, 3.05) is 60.4 Å². The monoisotopic (exact) mass is 235 g/mol. The van der Waals surface area contributed by atoms with E-state index >= 15 is 0 Å². The highest BCUT2D eigenvalue weighted by atomic mass is 16.5. The van der Waals surface area contributed by atoms with E-state index in [1.165, 1.54) is 0 Å². The molecule has 5 nitrogen and oxygen atoms in total. The summed E-state index contributed by atoms with van der Waals surface area (Å²) in [5.74, 6) is 0. The van der Waals surface area contributed by atoms with Gasteiger partial charge in [0.05, 0.1) is 39.1 Å². The molecule has 98 valence electrons. The summed E-state index contributed by atoms with van der Waals surface area (Å²) in [6.45, 7) is 6.74. The molecule has 0 aliphatic carbocycles. The number of rotatable bonds is 12. The molecule has 0 aliphatic heterocycles. The van der Waals surface area contributed by atoms with E-state index in [-0.39, 0.29) is 6.04 Å². The molecule has 0 fully saturated rings. The van der Waals surface area contributed by atoms with E-state index in [1.54, 1.807) is 14.2 Å². The van der Waals surface area contributed by atoms with Gasteiger partial charge in [-0.3, -0.25) is 0 Å². The van der Waals surface area contributed by atoms with E-state index in [1.807, 2.05) is 6.92 Å². The lowest BCUT2D eigenvalue weighted by Crippen LogP contribution is -2.39. The highest BCUT2D eigenvalue weighted by molar-refractivity contribution is 4.65. The van der Waals surface area contributed by atoms with Crippen molar-refractivity contribution in [1.82, 2.24) is 5.32 Å². The van der Waals surface area contributed by atoms with Crippen LogP contribution in [0.4, 0.5) is 0 Å². The fraction of sp³-hybridized carbons (Fsp3) is 1.00. The van der Waals surface area contributed by atoms with E-state index in [0.717, 1.165) is 13.2 Å². The lowest BCUT2D eigenvalue weighted by atomic mass is 10.3. The van der Waals surface area contributed by atoms with Gasteiger partial charge in [0.25, 0.3) is 0 Å². The van der Waals surface area contributed by atoms with Crippen molar-refractivity contribution < 1.29 is 18.9 Å². The number of methoxy groups -OCH3 is 2. The first-order chi connectivity index (χ1) is 7.85. The number of hydrogen-bond donors (Lipinski definition) is 1. The van der Waals surface area contributed by atoms with Crippen molar-refractivity contribution in [1.29, 1.82) is 0 Å². The second kappa shape index (κ2) is 12.9. The summed E-state index contributed by atoms with van der Waals surface area (Å²) in [5, 5.41) is 3.32. The van der Waals surface area contributed by atoms with Gasteiger partial charge in [0.1, 0.15) is 0 Å². The molecular formula is C11H25NO4. The van der Waals surface area contributed by atoms with Gasteiger partial charge in [-0.05, 0) is 6.92 Å². The summed E-state index contributed by atoms with van der Waals surface area (Å²) in [7, 11) is 3.35. The molecule has 5 heteroatoms. The Morgan fingerprint density at radius 1 is 0.938 bits per heavy atom. The quantitative estimate of drug-likeness (QED) is 0.493. The van der Waals surface area contributed by atoms with E-state index in [0.29, 0.717) is 33.0 Å². The Morgan fingerprint density at radius 3 is 2.25 bits per heavy atom. The standard InChI is InChI=1S/C11H25NO4/c1-4-15-9-11(12-5-6-13-2)10-16-8-7-14-3/h11-12H,4-10H2,1-3H3. The van der Waals surface area contributed by atoms with Gasteiger partial charge in [-0.15, -0.1) is 0 Å². The van der Waals surface area contributed by atoms with Crippen molar-refractivity contribution in [2.24, 2.45) is 0 Å². The molecule has 0 saturated heterocycles. The molecule has 0 radical (unpaired) electrons. The zero-order valence-corrected chi connectivity index (χ0v) is 10.7. The van der Waals surface area contributed by atoms with Crippen molar-refractivity contribution >= 4 is 0 Å². The average Bonchev–Trinajstić information content (AvgIpc) is 2.31. The van der Waals surface area contributed by atoms with Crippen LogP contribution in [0.2, 0.25) is 0 Å². The summed E-state index contributed by atoms with van der Waals surface area (Å²) in [4.78, 5) is 0. The third-order valence-corrected chi connectivity index (χ3v) is 2.01. The highest BCUT2D eigenvalue weighted by Gasteiger charge is 2.07. The first-order valence-electron chi connectivity index (χ1n) is 5.71. The molecule has 0 aromatic carbocycles. The van der Waals surface area contributed by atoms with Crippen LogP contribution in [0.5, 0.6) is 0 Å². The number of nitrogens with one attached hydrogen (secondary N) is 1. The summed E-state index contributed by atoms with van der Waals surface area (Å²) in [6.07, 6.45) is 0. The molecule has 0 amide bonds. The Bertz CT molecular complexity index is 135. The molecular weight excluding hydrogens is 210 g/mol. The first-order valence-corrected chi connectivity index (χ1v) is 5.71. The molecule has 0 bridgehead atoms. The van der Waals surface area contributed by atoms with Gasteiger partial charge in [-0.1, -0.05) is 0 Å². The van der Waals surface area contributed by atoms with Gasteiger partial charge in [0.2, 0.25) is 0 Å². The van der Waals surface area contributed by atoms with Crippen LogP contribution in [0, 0.1) is 0 Å². The van der Waals surface area contributed by atoms with Crippen LogP contribution >= 0.6 is 0 Å². The Labute approximate surface area is 98.4 Å². The van der Waals surface area contributed by atoms with Gasteiger partial charge in [-0.25, -0.2) is 0 Å². The molecule has 1 N–H and O–H groups in total. The molecule has 1 atom stereocenters. The molecule has 0 aromatic rings. The van der Waals surface area contributed by atoms with E-state index in [4.69, 9.17) is 18.9 Å². The lowest BCUT2D eigenvalue weighted by molar-refractivity contribution is 0.0332. The Kier molecular flexibility index (Phi) is 12.7. The molecule has 0 aromatic heterocycles. The minimum absolute atomic E-state index is 0.215. The molecule has 16 heavy (non-hydrogen) atoms. The van der Waals surface area contributed by atoms with Crippen LogP contribution in [-0.4, -0.2) is 66.4 Å². The number of ether oxygens (including phenoxy) is 4. The van der Waals surface area contributed by atoms with E-state index < -0.39 is 0 Å². The third-order valence-electron chi connectivity index (χ3n) is 2.01. The predicted octanol–water partition coefficient (Wildman–Crippen LogP) is 0.291. The SMILES string of the molecule is CCOCC(COCCOC)NCCOC. The smallest absolute Gasteiger partial charge is 0.0701 e. The van der Waals surface area contributed by atoms with Crippen LogP contribution in [0.1, 0.15) is 6.92 Å². The van der Waals surface area contributed by atoms with Gasteiger partial charge in [0, 0.05) is 27.4 Å². The summed E-state index contributed by atoms with van der Waals surface area (Å²) >= 11 is 0. The average molecular weight is 235 g/mol. The van der Waals surface area contributed by atoms with Crippen molar-refractivity contribution in [2.45, 2.75) is 13.0 Å². The maximum absolute atomic E-state index is 5.46. The van der Waals surface area contributed by atoms with E-state index in [2.05, 4.69) is 5.32 Å². The fourth-order valence-electron chi connectivity index (χ4n) is 1.16. The zero-order valence-electron chi connectivity index (χ0n) is 10.7. The summed E-state index contributed by atoms with van der Waals surface area (Å²) < 4.78 is 20.7. The van der Waals surface area contributed by atoms with Crippen LogP contribution < -0.4 is 5.32 Å². The van der Waals surface area contributed by atoms with Crippen molar-refractivity contribution in [3.05, 3.63) is 0 Å². The van der Waals surface area contributed by atoms with Crippen LogP contribution in [-0.2, 0) is 18.9 Å². The second-order valence-electron chi connectivity index (χ2n) is 3.37. The molecule has 0 aliphatic rings. The number of hydrogen-bond acceptors (Lipinski definition) is 5. The summed E-state index contributed by atoms with van der Waals surface area (Å²) in [5.41, 5.74) is 0. The normalized spacial score (nSPS) is 12.9. The molecule has 0 heterocycles. The van der Waals surface area contributed by atoms with Gasteiger partial charge >= 0.3 is 0 Å². The Morgan fingerprint density at radius 2 is 1.62 bits per heavy atom. The maximum Gasteiger partial charge on any atom is 0.0701 e. The first kappa shape index (κ1) is 15.8. The minimum Gasteiger partial charge on any atom is -0.383 e. The second-order valence-corrected chi connectivity index (χ2v) is 3.37. The molecule has 0 spiro atoms. The summed E-state index contributed by atoms with van der Waals surface area (Å²) in [6, 6.07) is 0.215. The van der Waals surface area contributed by atoms with Gasteiger partial charge < -0.3 is 24.3 Å². The van der Waals surface area contributed by atoms with Crippen LogP contribution in [0.25, 0.3) is 0 Å². The molecule has 1 unspecified atom stereocenters. The van der Waals surface area contributed by atoms with E-state index in [9.17, 15) is 0 Å². The Balaban J connectivity index is 3.54. The van der Waals surface area contributed by atoms with Crippen molar-refractivity contribution in [3.63, 3.8) is 0 Å². The zero-order chi connectivity index (χ0) is 12.1. The predicted molar refractivity (Wildman–Crippen MR) is 62.9 cm³/mol. The van der Waals surface area contributed by atoms with Crippen LogP contribution in [0.15, 0.2) is 0 Å². The van der Waals surface area contributed by atoms with Crippen LogP contribution in [0.3, 0.4) is 0 Å². The van der Waals surface area contributed by atoms with Gasteiger partial charge in [0.15, 0.2) is 0 Å². The van der Waals surface area contributed by atoms with Crippen molar-refractivity contribution in [3.8, 4) is 0 Å². The Hall–Kier alpha value is -0.200. The minimum atomic E-state index is 0.215. The highest BCUT2D eigenvalue weighted by Crippen LogP contribution is 1.89. The molecule has 0 rings (SSSR count). The fourth-order valence-corrected chi connectivity index (χ4v) is 1.16. The maximum atomic E-state index is 5.46. The van der Waals surface area contributed by atoms with Gasteiger partial charge in [-0.2, -0.15) is 0 Å². The molecule has 0 saturated carbocycles.